The molecule has 0 saturated carbocycles. The fourth-order valence-corrected chi connectivity index (χ4v) is 5.47. The molecule has 1 radical (unpaired) electrons. The number of hydrogen-bond acceptors (Lipinski definition) is 3. The largest absolute Gasteiger partial charge is 0.416 e. The Labute approximate surface area is 191 Å². The van der Waals surface area contributed by atoms with Crippen LogP contribution in [0.15, 0.2) is 42.5 Å². The summed E-state index contributed by atoms with van der Waals surface area (Å²) in [4.78, 5) is 16.2. The molecule has 2 saturated heterocycles. The van der Waals surface area contributed by atoms with Crippen LogP contribution in [0.3, 0.4) is 0 Å². The number of likely N-dealkylation sites (tertiary alicyclic amines) is 2. The highest BCUT2D eigenvalue weighted by Gasteiger charge is 2.34. The molecule has 5 rings (SSSR count). The van der Waals surface area contributed by atoms with E-state index in [4.69, 9.17) is 0 Å². The molecule has 0 bridgehead atoms. The van der Waals surface area contributed by atoms with E-state index in [1.165, 1.54) is 17.7 Å². The van der Waals surface area contributed by atoms with Crippen LogP contribution in [0.5, 0.6) is 0 Å². The second-order valence-electron chi connectivity index (χ2n) is 9.29. The highest BCUT2D eigenvalue weighted by molar-refractivity contribution is 6.02. The van der Waals surface area contributed by atoms with Crippen molar-refractivity contribution in [2.45, 2.75) is 50.4 Å². The van der Waals surface area contributed by atoms with Gasteiger partial charge in [-0.2, -0.15) is 18.5 Å². The van der Waals surface area contributed by atoms with E-state index in [1.807, 2.05) is 12.1 Å². The molecule has 0 unspecified atom stereocenters. The van der Waals surface area contributed by atoms with Gasteiger partial charge in [0.25, 0.3) is 0 Å². The summed E-state index contributed by atoms with van der Waals surface area (Å²) in [5.41, 5.74) is 2.60. The highest BCUT2D eigenvalue weighted by Crippen LogP contribution is 2.36. The molecule has 2 fully saturated rings. The summed E-state index contributed by atoms with van der Waals surface area (Å²) < 4.78 is 39.9. The first kappa shape index (κ1) is 22.2. The molecule has 2 amide bonds. The van der Waals surface area contributed by atoms with Crippen molar-refractivity contribution in [3.05, 3.63) is 59.2 Å². The number of piperidine rings is 2. The van der Waals surface area contributed by atoms with E-state index in [9.17, 15) is 18.0 Å². The van der Waals surface area contributed by atoms with Crippen molar-refractivity contribution in [2.75, 3.05) is 31.5 Å². The van der Waals surface area contributed by atoms with Crippen molar-refractivity contribution >= 4 is 17.4 Å². The number of hydrogen-bond donors (Lipinski definition) is 1. The van der Waals surface area contributed by atoms with Crippen molar-refractivity contribution in [1.82, 2.24) is 15.1 Å². The molecular weight excluding hydrogens is 429 g/mol. The first-order valence-electron chi connectivity index (χ1n) is 11.6. The smallest absolute Gasteiger partial charge is 0.304 e. The zero-order valence-corrected chi connectivity index (χ0v) is 18.4. The molecule has 5 nitrogen and oxygen atoms in total. The lowest BCUT2D eigenvalue weighted by atomic mass is 9.87. The van der Waals surface area contributed by atoms with Gasteiger partial charge in [0.05, 0.1) is 16.9 Å². The summed E-state index contributed by atoms with van der Waals surface area (Å²) in [5, 5.41) is 6.76. The molecule has 0 aromatic heterocycles. The quantitative estimate of drug-likeness (QED) is 0.675. The van der Waals surface area contributed by atoms with Gasteiger partial charge in [-0.05, 0) is 87.1 Å². The molecule has 8 heteroatoms. The molecule has 3 heterocycles. The summed E-state index contributed by atoms with van der Waals surface area (Å²) >= 11 is 0. The third-order valence-corrected chi connectivity index (χ3v) is 7.28. The minimum absolute atomic E-state index is 0.301. The van der Waals surface area contributed by atoms with Crippen LogP contribution in [0.25, 0.3) is 0 Å². The number of nitrogens with zero attached hydrogens (tertiary/aromatic N) is 3. The minimum atomic E-state index is -4.31. The van der Waals surface area contributed by atoms with Crippen molar-refractivity contribution in [2.24, 2.45) is 0 Å². The van der Waals surface area contributed by atoms with Crippen LogP contribution in [-0.4, -0.2) is 48.1 Å². The van der Waals surface area contributed by atoms with Gasteiger partial charge in [0.2, 0.25) is 0 Å². The van der Waals surface area contributed by atoms with Gasteiger partial charge in [0.15, 0.2) is 0 Å². The van der Waals surface area contributed by atoms with Gasteiger partial charge in [0.1, 0.15) is 0 Å². The second kappa shape index (κ2) is 8.99. The number of halogens is 3. The van der Waals surface area contributed by atoms with Crippen LogP contribution in [-0.2, 0) is 12.7 Å². The summed E-state index contributed by atoms with van der Waals surface area (Å²) in [6, 6.07) is 12.2. The van der Waals surface area contributed by atoms with E-state index >= 15 is 0 Å². The molecule has 1 N–H and O–H groups in total. The summed E-state index contributed by atoms with van der Waals surface area (Å²) in [6.07, 6.45) is -0.189. The minimum Gasteiger partial charge on any atom is -0.304 e. The van der Waals surface area contributed by atoms with Crippen LogP contribution in [0.1, 0.15) is 48.3 Å². The van der Waals surface area contributed by atoms with Gasteiger partial charge in [-0.1, -0.05) is 24.3 Å². The first-order valence-corrected chi connectivity index (χ1v) is 11.6. The molecule has 0 spiro atoms. The number of urea groups is 1. The molecule has 0 atom stereocenters. The summed E-state index contributed by atoms with van der Waals surface area (Å²) in [7, 11) is 0. The lowest BCUT2D eigenvalue weighted by Crippen LogP contribution is -2.47. The van der Waals surface area contributed by atoms with Crippen LogP contribution in [0.2, 0.25) is 0 Å². The third kappa shape index (κ3) is 4.87. The van der Waals surface area contributed by atoms with E-state index in [2.05, 4.69) is 26.5 Å². The molecule has 3 aliphatic rings. The van der Waals surface area contributed by atoms with Gasteiger partial charge in [-0.3, -0.25) is 4.90 Å². The van der Waals surface area contributed by atoms with Crippen LogP contribution >= 0.6 is 0 Å². The first-order chi connectivity index (χ1) is 15.9. The standard InChI is InChI=1S/C25H28F3N4O/c26-25(27,28)21-4-2-1-3-19(21)16-31-11-9-20(10-12-31)32-13-7-17(8-14-32)18-5-6-22-23(15-18)30-24(33)29-22/h1-6,15,17,20H,7-14,16H2,(H,29,33). The predicted octanol–water partition coefficient (Wildman–Crippen LogP) is 5.33. The van der Waals surface area contributed by atoms with Crippen LogP contribution < -0.4 is 10.6 Å². The van der Waals surface area contributed by atoms with E-state index in [1.54, 1.807) is 12.1 Å². The fraction of sp³-hybridized carbons (Fsp3) is 0.480. The number of rotatable bonds is 4. The Kier molecular flexibility index (Phi) is 6.05. The molecule has 0 aliphatic carbocycles. The SMILES string of the molecule is O=C1[N]c2cc(C3CCN(C4CCN(Cc5ccccc5C(F)(F)F)CC4)CC3)ccc2N1. The Morgan fingerprint density at radius 2 is 1.70 bits per heavy atom. The Hall–Kier alpha value is -2.58. The maximum absolute atomic E-state index is 13.3. The molecule has 175 valence electrons. The molecule has 3 aliphatic heterocycles. The molecule has 33 heavy (non-hydrogen) atoms. The number of carbonyl (C=O) groups is 1. The van der Waals surface area contributed by atoms with Crippen molar-refractivity contribution in [3.63, 3.8) is 0 Å². The molecule has 2 aromatic carbocycles. The van der Waals surface area contributed by atoms with E-state index in [-0.39, 0.29) is 6.03 Å². The van der Waals surface area contributed by atoms with E-state index in [0.717, 1.165) is 63.2 Å². The number of nitrogens with one attached hydrogen (secondary N) is 1. The maximum atomic E-state index is 13.3. The fourth-order valence-electron chi connectivity index (χ4n) is 5.47. The lowest BCUT2D eigenvalue weighted by molar-refractivity contribution is -0.138. The maximum Gasteiger partial charge on any atom is 0.416 e. The number of alkyl halides is 3. The van der Waals surface area contributed by atoms with E-state index in [0.29, 0.717) is 24.1 Å². The average molecular weight is 458 g/mol. The normalized spacial score (nSPS) is 21.0. The van der Waals surface area contributed by atoms with Gasteiger partial charge in [0, 0.05) is 12.6 Å². The number of carbonyl (C=O) groups excluding carboxylic acids is 1. The number of anilines is 1. The Morgan fingerprint density at radius 1 is 0.970 bits per heavy atom. The average Bonchev–Trinajstić information content (AvgIpc) is 3.19. The van der Waals surface area contributed by atoms with Crippen LogP contribution in [0, 0.1) is 0 Å². The van der Waals surface area contributed by atoms with Crippen LogP contribution in [0.4, 0.5) is 29.3 Å². The van der Waals surface area contributed by atoms with Gasteiger partial charge in [-0.15, -0.1) is 0 Å². The molecule has 2 aromatic rings. The number of fused-ring (bicyclic) bond motifs is 1. The topological polar surface area (TPSA) is 49.7 Å². The molecular formula is C25H28F3N4O. The zero-order chi connectivity index (χ0) is 23.0. The predicted molar refractivity (Wildman–Crippen MR) is 121 cm³/mol. The van der Waals surface area contributed by atoms with Gasteiger partial charge in [-0.25, -0.2) is 4.79 Å². The monoisotopic (exact) mass is 457 g/mol. The number of amides is 2. The number of benzene rings is 2. The van der Waals surface area contributed by atoms with Crippen molar-refractivity contribution in [3.8, 4) is 0 Å². The Balaban J connectivity index is 1.12. The van der Waals surface area contributed by atoms with E-state index < -0.39 is 11.7 Å². The summed E-state index contributed by atoms with van der Waals surface area (Å²) in [6.45, 7) is 4.05. The van der Waals surface area contributed by atoms with Gasteiger partial charge < -0.3 is 10.2 Å². The zero-order valence-electron chi connectivity index (χ0n) is 18.4. The lowest BCUT2D eigenvalue weighted by Gasteiger charge is -2.42. The van der Waals surface area contributed by atoms with Crippen molar-refractivity contribution in [1.29, 1.82) is 0 Å². The Morgan fingerprint density at radius 3 is 2.42 bits per heavy atom. The third-order valence-electron chi connectivity index (χ3n) is 7.28. The highest BCUT2D eigenvalue weighted by atomic mass is 19.4. The van der Waals surface area contributed by atoms with Crippen molar-refractivity contribution < 1.29 is 18.0 Å². The Bertz CT molecular complexity index is 1010. The second-order valence-corrected chi connectivity index (χ2v) is 9.29. The summed E-state index contributed by atoms with van der Waals surface area (Å²) in [5.74, 6) is 0.469. The van der Waals surface area contributed by atoms with Gasteiger partial charge >= 0.3 is 12.2 Å².